The molecule has 4 aliphatic rings. The summed E-state index contributed by atoms with van der Waals surface area (Å²) in [5, 5.41) is 18.4. The van der Waals surface area contributed by atoms with Crippen molar-refractivity contribution >= 4 is 46.5 Å². The molecule has 1 spiro atoms. The van der Waals surface area contributed by atoms with Crippen LogP contribution >= 0.6 is 23.2 Å². The molecule has 0 bridgehead atoms. The number of halogens is 4. The second kappa shape index (κ2) is 14.1. The molecule has 296 valence electrons. The zero-order valence-electron chi connectivity index (χ0n) is 31.3. The second-order valence-electron chi connectivity index (χ2n) is 15.9. The molecular weight excluding hydrogens is 779 g/mol. The molecule has 1 atom stereocenters. The van der Waals surface area contributed by atoms with Gasteiger partial charge in [0.05, 0.1) is 22.0 Å². The van der Waals surface area contributed by atoms with Crippen LogP contribution < -0.4 is 10.9 Å². The van der Waals surface area contributed by atoms with E-state index in [4.69, 9.17) is 23.2 Å². The van der Waals surface area contributed by atoms with E-state index in [0.29, 0.717) is 53.2 Å². The number of hydrogen-bond acceptors (Lipinski definition) is 9. The van der Waals surface area contributed by atoms with Crippen molar-refractivity contribution in [3.8, 4) is 17.1 Å². The lowest BCUT2D eigenvalue weighted by Gasteiger charge is -2.39. The molecular formula is C40H39Cl2F2N9O4. The Balaban J connectivity index is 1.10. The molecule has 3 aromatic heterocycles. The van der Waals surface area contributed by atoms with Crippen LogP contribution in [0.2, 0.25) is 10.0 Å². The van der Waals surface area contributed by atoms with Crippen molar-refractivity contribution in [2.75, 3.05) is 31.5 Å². The molecule has 5 aromatic rings. The second-order valence-corrected chi connectivity index (χ2v) is 16.7. The first kappa shape index (κ1) is 37.6. The zero-order chi connectivity index (χ0) is 39.9. The lowest BCUT2D eigenvalue weighted by molar-refractivity contribution is -0.116. The van der Waals surface area contributed by atoms with Gasteiger partial charge in [-0.1, -0.05) is 30.1 Å². The standard InChI is InChI=1S/C40H39Cl2F2N9O4/c1-20-16-40(6-10-51(11-7-40)38(57)33-35(55)21(2)45-19-46-33)32-34(20)52(18-31(54)47-30-15-29(44)24(13-27(30)42)22-4-5-22)39-48-36(49-53(39)37(32)56)25-14-26(41)23(12-28(25)43)17-50-8-3-9-50/h12-15,19-20,22,55H,3-11,16-18H2,1-2H3,(H,47,54). The summed E-state index contributed by atoms with van der Waals surface area (Å²) >= 11 is 13.2. The zero-order valence-corrected chi connectivity index (χ0v) is 32.8. The Morgan fingerprint density at radius 1 is 1.02 bits per heavy atom. The molecule has 1 unspecified atom stereocenters. The molecule has 1 saturated carbocycles. The van der Waals surface area contributed by atoms with Gasteiger partial charge in [-0.05, 0) is 106 Å². The van der Waals surface area contributed by atoms with Crippen LogP contribution in [0, 0.1) is 18.6 Å². The van der Waals surface area contributed by atoms with E-state index in [1.807, 2.05) is 6.92 Å². The van der Waals surface area contributed by atoms with Crippen LogP contribution in [-0.2, 0) is 23.3 Å². The highest BCUT2D eigenvalue weighted by atomic mass is 35.5. The third-order valence-corrected chi connectivity index (χ3v) is 12.8. The van der Waals surface area contributed by atoms with Crippen LogP contribution in [0.5, 0.6) is 5.75 Å². The van der Waals surface area contributed by atoms with Gasteiger partial charge in [-0.15, -0.1) is 5.10 Å². The molecule has 2 aliphatic carbocycles. The number of fused-ring (bicyclic) bond motifs is 3. The van der Waals surface area contributed by atoms with Crippen molar-refractivity contribution in [2.24, 2.45) is 0 Å². The van der Waals surface area contributed by atoms with E-state index in [1.54, 1.807) is 22.5 Å². The molecule has 17 heteroatoms. The van der Waals surface area contributed by atoms with Gasteiger partial charge in [0.15, 0.2) is 17.3 Å². The van der Waals surface area contributed by atoms with Gasteiger partial charge in [0.25, 0.3) is 11.5 Å². The number of piperidine rings is 1. The number of aromatic hydroxyl groups is 1. The van der Waals surface area contributed by atoms with Crippen molar-refractivity contribution < 1.29 is 23.5 Å². The molecule has 2 saturated heterocycles. The fourth-order valence-electron chi connectivity index (χ4n) is 8.86. The highest BCUT2D eigenvalue weighted by Gasteiger charge is 2.49. The van der Waals surface area contributed by atoms with E-state index in [9.17, 15) is 19.5 Å². The Labute approximate surface area is 335 Å². The van der Waals surface area contributed by atoms with Crippen molar-refractivity contribution in [3.05, 3.63) is 96.4 Å². The molecule has 9 rings (SSSR count). The van der Waals surface area contributed by atoms with Gasteiger partial charge in [0.2, 0.25) is 11.7 Å². The van der Waals surface area contributed by atoms with Crippen molar-refractivity contribution in [2.45, 2.75) is 82.7 Å². The smallest absolute Gasteiger partial charge is 0.279 e. The van der Waals surface area contributed by atoms with Crippen LogP contribution in [0.25, 0.3) is 17.2 Å². The van der Waals surface area contributed by atoms with Crippen LogP contribution in [0.15, 0.2) is 35.4 Å². The van der Waals surface area contributed by atoms with Gasteiger partial charge in [-0.2, -0.15) is 9.50 Å². The van der Waals surface area contributed by atoms with E-state index >= 15 is 8.78 Å². The van der Waals surface area contributed by atoms with Gasteiger partial charge >= 0.3 is 0 Å². The summed E-state index contributed by atoms with van der Waals surface area (Å²) in [5.74, 6) is -2.51. The first-order valence-electron chi connectivity index (χ1n) is 19.1. The topological polar surface area (TPSA) is 151 Å². The van der Waals surface area contributed by atoms with E-state index in [2.05, 4.69) is 30.3 Å². The predicted octanol–water partition coefficient (Wildman–Crippen LogP) is 6.35. The van der Waals surface area contributed by atoms with E-state index < -0.39 is 34.4 Å². The largest absolute Gasteiger partial charge is 0.504 e. The minimum Gasteiger partial charge on any atom is -0.504 e. The molecule has 5 heterocycles. The third kappa shape index (κ3) is 6.53. The Morgan fingerprint density at radius 2 is 1.77 bits per heavy atom. The quantitative estimate of drug-likeness (QED) is 0.183. The third-order valence-electron chi connectivity index (χ3n) is 12.1. The summed E-state index contributed by atoms with van der Waals surface area (Å²) in [5.41, 5.74) is 1.32. The highest BCUT2D eigenvalue weighted by molar-refractivity contribution is 6.33. The number of likely N-dealkylation sites (tertiary alicyclic amines) is 2. The number of rotatable bonds is 8. The van der Waals surface area contributed by atoms with Crippen molar-refractivity contribution in [1.82, 2.24) is 38.9 Å². The summed E-state index contributed by atoms with van der Waals surface area (Å²) in [7, 11) is 0. The number of nitrogens with one attached hydrogen (secondary N) is 1. The molecule has 0 radical (unpaired) electrons. The number of aromatic nitrogens is 6. The van der Waals surface area contributed by atoms with Gasteiger partial charge in [0, 0.05) is 41.3 Å². The lowest BCUT2D eigenvalue weighted by atomic mass is 9.73. The molecule has 13 nitrogen and oxygen atoms in total. The number of hydrogen-bond donors (Lipinski definition) is 2. The summed E-state index contributed by atoms with van der Waals surface area (Å²) < 4.78 is 33.7. The molecule has 2 aliphatic heterocycles. The maximum absolute atomic E-state index is 15.9. The first-order chi connectivity index (χ1) is 27.3. The fraction of sp³-hybridized carbons (Fsp3) is 0.425. The fourth-order valence-corrected chi connectivity index (χ4v) is 9.31. The Kier molecular flexibility index (Phi) is 9.32. The van der Waals surface area contributed by atoms with Crippen molar-refractivity contribution in [1.29, 1.82) is 0 Å². The number of benzene rings is 2. The molecule has 2 amide bonds. The van der Waals surface area contributed by atoms with Gasteiger partial charge in [0.1, 0.15) is 24.5 Å². The van der Waals surface area contributed by atoms with E-state index in [1.165, 1.54) is 24.5 Å². The van der Waals surface area contributed by atoms with Crippen LogP contribution in [0.3, 0.4) is 0 Å². The minimum absolute atomic E-state index is 0.00224. The van der Waals surface area contributed by atoms with E-state index in [0.717, 1.165) is 36.9 Å². The minimum atomic E-state index is -0.705. The summed E-state index contributed by atoms with van der Waals surface area (Å²) in [6, 6.07) is 5.61. The molecule has 2 N–H and O–H groups in total. The highest BCUT2D eigenvalue weighted by Crippen LogP contribution is 2.51. The maximum atomic E-state index is 15.9. The van der Waals surface area contributed by atoms with Gasteiger partial charge < -0.3 is 19.9 Å². The summed E-state index contributed by atoms with van der Waals surface area (Å²) in [6.45, 7) is 6.05. The Morgan fingerprint density at radius 3 is 2.47 bits per heavy atom. The first-order valence-corrected chi connectivity index (χ1v) is 19.9. The molecule has 57 heavy (non-hydrogen) atoms. The summed E-state index contributed by atoms with van der Waals surface area (Å²) in [6.07, 6.45) is 5.41. The average molecular weight is 819 g/mol. The van der Waals surface area contributed by atoms with Crippen LogP contribution in [0.1, 0.15) is 95.9 Å². The Hall–Kier alpha value is -4.99. The summed E-state index contributed by atoms with van der Waals surface area (Å²) in [4.78, 5) is 58.5. The number of amides is 2. The number of carbonyl (C=O) groups excluding carboxylic acids is 2. The predicted molar refractivity (Wildman–Crippen MR) is 208 cm³/mol. The maximum Gasteiger partial charge on any atom is 0.279 e. The molecule has 3 fully saturated rings. The lowest BCUT2D eigenvalue weighted by Crippen LogP contribution is -2.46. The SMILES string of the molecule is Cc1ncnc(C(=O)N2CCC3(CC2)CC(C)c2c3c(=O)n3nc(-c4cc(Cl)c(CN5CCC5)cc4F)nc3n2CC(=O)Nc2cc(F)c(C3CC3)cc2Cl)c1O. The number of nitrogens with zero attached hydrogens (tertiary/aromatic N) is 8. The molecule has 2 aromatic carbocycles. The monoisotopic (exact) mass is 817 g/mol. The average Bonchev–Trinajstić information content (AvgIpc) is 3.84. The van der Waals surface area contributed by atoms with E-state index in [-0.39, 0.29) is 76.5 Å². The Bertz CT molecular complexity index is 2560. The normalized spacial score (nSPS) is 18.9. The number of carbonyl (C=O) groups is 2. The van der Waals surface area contributed by atoms with Crippen LogP contribution in [0.4, 0.5) is 14.5 Å². The van der Waals surface area contributed by atoms with Crippen molar-refractivity contribution in [3.63, 3.8) is 0 Å². The van der Waals surface area contributed by atoms with Gasteiger partial charge in [-0.3, -0.25) is 19.3 Å². The van der Waals surface area contributed by atoms with Gasteiger partial charge in [-0.25, -0.2) is 18.7 Å². The number of aryl methyl sites for hydroxylation is 1. The van der Waals surface area contributed by atoms with Crippen LogP contribution in [-0.4, -0.2) is 82.0 Å². The number of anilines is 1.